The Balaban J connectivity index is 1.48. The highest BCUT2D eigenvalue weighted by Gasteiger charge is 2.41. The Kier molecular flexibility index (Phi) is 9.48. The number of nitrogens with one attached hydrogen (secondary N) is 2. The number of amides is 2. The third-order valence-electron chi connectivity index (χ3n) is 7.95. The molecule has 3 fully saturated rings. The Morgan fingerprint density at radius 2 is 1.86 bits per heavy atom. The molecule has 0 radical (unpaired) electrons. The molecule has 1 unspecified atom stereocenters. The van der Waals surface area contributed by atoms with E-state index in [2.05, 4.69) is 15.5 Å². The van der Waals surface area contributed by atoms with E-state index in [1.807, 2.05) is 51.1 Å². The van der Waals surface area contributed by atoms with Gasteiger partial charge in [-0.25, -0.2) is 4.79 Å². The van der Waals surface area contributed by atoms with Gasteiger partial charge in [-0.3, -0.25) is 9.69 Å². The summed E-state index contributed by atoms with van der Waals surface area (Å²) in [6.45, 7) is 8.09. The van der Waals surface area contributed by atoms with Gasteiger partial charge in [0.05, 0.1) is 31.4 Å². The Labute approximate surface area is 221 Å². The lowest BCUT2D eigenvalue weighted by Crippen LogP contribution is -2.60. The number of benzene rings is 1. The predicted octanol–water partition coefficient (Wildman–Crippen LogP) is 3.27. The molecule has 6 atom stereocenters. The van der Waals surface area contributed by atoms with Crippen molar-refractivity contribution in [3.8, 4) is 0 Å². The first-order valence-electron chi connectivity index (χ1n) is 14.0. The highest BCUT2D eigenvalue weighted by molar-refractivity contribution is 5.82. The second kappa shape index (κ2) is 12.6. The summed E-state index contributed by atoms with van der Waals surface area (Å²) in [5.74, 6) is 1.13. The van der Waals surface area contributed by atoms with Gasteiger partial charge in [0.25, 0.3) is 0 Å². The number of hydrogen-bond donors (Lipinski definition) is 3. The number of carbonyl (C=O) groups excluding carboxylic acids is 2. The minimum Gasteiger partial charge on any atom is -0.444 e. The molecule has 8 nitrogen and oxygen atoms in total. The highest BCUT2D eigenvalue weighted by atomic mass is 16.6. The molecule has 4 rings (SSSR count). The van der Waals surface area contributed by atoms with Crippen LogP contribution >= 0.6 is 0 Å². The molecular formula is C29H45N3O5. The van der Waals surface area contributed by atoms with Crippen molar-refractivity contribution in [1.82, 2.24) is 15.5 Å². The number of likely N-dealkylation sites (tertiary alicyclic amines) is 1. The monoisotopic (exact) mass is 515 g/mol. The smallest absolute Gasteiger partial charge is 0.407 e. The van der Waals surface area contributed by atoms with Gasteiger partial charge in [-0.15, -0.1) is 0 Å². The largest absolute Gasteiger partial charge is 0.444 e. The molecular weight excluding hydrogens is 470 g/mol. The molecule has 206 valence electrons. The van der Waals surface area contributed by atoms with Crippen LogP contribution in [0.25, 0.3) is 0 Å². The van der Waals surface area contributed by atoms with Crippen LogP contribution in [0.2, 0.25) is 0 Å². The van der Waals surface area contributed by atoms with Crippen molar-refractivity contribution < 1.29 is 24.2 Å². The van der Waals surface area contributed by atoms with E-state index in [1.165, 1.54) is 25.7 Å². The van der Waals surface area contributed by atoms with Crippen molar-refractivity contribution in [2.45, 2.75) is 95.5 Å². The average Bonchev–Trinajstić information content (AvgIpc) is 3.35. The third-order valence-corrected chi connectivity index (χ3v) is 7.95. The van der Waals surface area contributed by atoms with Crippen molar-refractivity contribution in [3.05, 3.63) is 35.9 Å². The van der Waals surface area contributed by atoms with Gasteiger partial charge < -0.3 is 25.2 Å². The SMILES string of the molecule is CC(C)(C)NC(=O)[C@@H]1C[C@@H]2CCCC[C@@H]2CN1C[C@@H](O)[C@H](Cc1ccccc1)NC(=O)OC1CCOC1. The first-order chi connectivity index (χ1) is 17.7. The van der Waals surface area contributed by atoms with Crippen LogP contribution in [0.1, 0.15) is 64.9 Å². The fourth-order valence-corrected chi connectivity index (χ4v) is 6.09. The Bertz CT molecular complexity index is 883. The summed E-state index contributed by atoms with van der Waals surface area (Å²) in [7, 11) is 0. The molecule has 2 heterocycles. The molecule has 0 spiro atoms. The molecule has 2 amide bonds. The molecule has 1 aliphatic carbocycles. The highest BCUT2D eigenvalue weighted by Crippen LogP contribution is 2.39. The number of aliphatic hydroxyl groups excluding tert-OH is 1. The van der Waals surface area contributed by atoms with Gasteiger partial charge in [-0.05, 0) is 57.4 Å². The Morgan fingerprint density at radius 3 is 2.54 bits per heavy atom. The zero-order valence-corrected chi connectivity index (χ0v) is 22.7. The maximum Gasteiger partial charge on any atom is 0.407 e. The zero-order chi connectivity index (χ0) is 26.4. The minimum absolute atomic E-state index is 0.0249. The van der Waals surface area contributed by atoms with E-state index in [9.17, 15) is 14.7 Å². The van der Waals surface area contributed by atoms with Crippen molar-refractivity contribution in [1.29, 1.82) is 0 Å². The summed E-state index contributed by atoms with van der Waals surface area (Å²) >= 11 is 0. The summed E-state index contributed by atoms with van der Waals surface area (Å²) in [5, 5.41) is 17.6. The van der Waals surface area contributed by atoms with Gasteiger partial charge in [-0.2, -0.15) is 0 Å². The van der Waals surface area contributed by atoms with E-state index in [-0.39, 0.29) is 23.6 Å². The van der Waals surface area contributed by atoms with Crippen LogP contribution in [0.15, 0.2) is 30.3 Å². The second-order valence-electron chi connectivity index (χ2n) is 12.1. The summed E-state index contributed by atoms with van der Waals surface area (Å²) in [4.78, 5) is 28.3. The molecule has 3 aliphatic rings. The quantitative estimate of drug-likeness (QED) is 0.491. The molecule has 1 aromatic rings. The summed E-state index contributed by atoms with van der Waals surface area (Å²) in [6.07, 6.45) is 5.12. The fraction of sp³-hybridized carbons (Fsp3) is 0.724. The lowest BCUT2D eigenvalue weighted by atomic mass is 9.72. The van der Waals surface area contributed by atoms with Crippen molar-refractivity contribution in [2.24, 2.45) is 11.8 Å². The number of ether oxygens (including phenoxy) is 2. The van der Waals surface area contributed by atoms with Gasteiger partial charge in [0.1, 0.15) is 6.10 Å². The number of carbonyl (C=O) groups is 2. The molecule has 2 saturated heterocycles. The number of β-amino-alcohol motifs (C(OH)–C–C–N with tert-alkyl or cyclic N) is 1. The van der Waals surface area contributed by atoms with Crippen LogP contribution in [0.5, 0.6) is 0 Å². The van der Waals surface area contributed by atoms with E-state index in [0.29, 0.717) is 44.4 Å². The average molecular weight is 516 g/mol. The molecule has 2 aliphatic heterocycles. The fourth-order valence-electron chi connectivity index (χ4n) is 6.09. The Hall–Kier alpha value is -2.16. The predicted molar refractivity (Wildman–Crippen MR) is 142 cm³/mol. The number of rotatable bonds is 8. The van der Waals surface area contributed by atoms with Crippen LogP contribution < -0.4 is 10.6 Å². The lowest BCUT2D eigenvalue weighted by molar-refractivity contribution is -0.132. The maximum absolute atomic E-state index is 13.4. The molecule has 0 aromatic heterocycles. The van der Waals surface area contributed by atoms with Crippen molar-refractivity contribution >= 4 is 12.0 Å². The summed E-state index contributed by atoms with van der Waals surface area (Å²) in [6, 6.07) is 9.00. The third kappa shape index (κ3) is 8.16. The van der Waals surface area contributed by atoms with Gasteiger partial charge in [-0.1, -0.05) is 49.6 Å². The standard InChI is InChI=1S/C29H45N3O5/c1-29(2,3)31-27(34)25-16-21-11-7-8-12-22(21)17-32(25)18-26(33)24(15-20-9-5-4-6-10-20)30-28(35)37-23-13-14-36-19-23/h4-6,9-10,21-26,33H,7-8,11-19H2,1-3H3,(H,30,35)(H,31,34)/t21-,22+,23?,24-,25-,26+/m0/s1. The number of nitrogens with zero attached hydrogens (tertiary/aromatic N) is 1. The van der Waals surface area contributed by atoms with E-state index in [0.717, 1.165) is 18.5 Å². The molecule has 1 saturated carbocycles. The van der Waals surface area contributed by atoms with E-state index >= 15 is 0 Å². The van der Waals surface area contributed by atoms with Crippen LogP contribution in [0.4, 0.5) is 4.79 Å². The second-order valence-corrected chi connectivity index (χ2v) is 12.1. The summed E-state index contributed by atoms with van der Waals surface area (Å²) in [5.41, 5.74) is 0.694. The Morgan fingerprint density at radius 1 is 1.14 bits per heavy atom. The number of alkyl carbamates (subject to hydrolysis) is 1. The lowest BCUT2D eigenvalue weighted by Gasteiger charge is -2.47. The van der Waals surface area contributed by atoms with Crippen molar-refractivity contribution in [2.75, 3.05) is 26.3 Å². The van der Waals surface area contributed by atoms with E-state index in [1.54, 1.807) is 0 Å². The van der Waals surface area contributed by atoms with Gasteiger partial charge >= 0.3 is 6.09 Å². The van der Waals surface area contributed by atoms with Gasteiger partial charge in [0.15, 0.2) is 0 Å². The zero-order valence-electron chi connectivity index (χ0n) is 22.7. The number of aliphatic hydroxyl groups is 1. The van der Waals surface area contributed by atoms with Gasteiger partial charge in [0.2, 0.25) is 5.91 Å². The first-order valence-corrected chi connectivity index (χ1v) is 14.0. The topological polar surface area (TPSA) is 100 Å². The van der Waals surface area contributed by atoms with Gasteiger partial charge in [0, 0.05) is 25.0 Å². The van der Waals surface area contributed by atoms with E-state index < -0.39 is 18.2 Å². The van der Waals surface area contributed by atoms with Crippen LogP contribution in [-0.2, 0) is 20.7 Å². The summed E-state index contributed by atoms with van der Waals surface area (Å²) < 4.78 is 10.9. The molecule has 37 heavy (non-hydrogen) atoms. The number of fused-ring (bicyclic) bond motifs is 1. The molecule has 8 heteroatoms. The maximum atomic E-state index is 13.4. The van der Waals surface area contributed by atoms with Crippen LogP contribution in [0.3, 0.4) is 0 Å². The normalized spacial score (nSPS) is 28.1. The van der Waals surface area contributed by atoms with Crippen molar-refractivity contribution in [3.63, 3.8) is 0 Å². The van der Waals surface area contributed by atoms with Crippen LogP contribution in [-0.4, -0.2) is 78.1 Å². The molecule has 0 bridgehead atoms. The number of hydrogen-bond acceptors (Lipinski definition) is 6. The first kappa shape index (κ1) is 27.9. The molecule has 3 N–H and O–H groups in total. The number of piperidine rings is 1. The minimum atomic E-state index is -0.863. The molecule has 1 aromatic carbocycles. The van der Waals surface area contributed by atoms with E-state index in [4.69, 9.17) is 9.47 Å². The van der Waals surface area contributed by atoms with Crippen LogP contribution in [0, 0.1) is 11.8 Å².